The van der Waals surface area contributed by atoms with E-state index >= 15 is 0 Å². The molecule has 1 heterocycles. The van der Waals surface area contributed by atoms with Gasteiger partial charge < -0.3 is 10.4 Å². The van der Waals surface area contributed by atoms with E-state index in [0.717, 1.165) is 2.88 Å². The van der Waals surface area contributed by atoms with Crippen molar-refractivity contribution in [1.29, 1.82) is 0 Å². The molecule has 0 spiro atoms. The highest BCUT2D eigenvalue weighted by Crippen LogP contribution is 2.18. The summed E-state index contributed by atoms with van der Waals surface area (Å²) in [4.78, 5) is 22.4. The van der Waals surface area contributed by atoms with Crippen molar-refractivity contribution in [1.82, 2.24) is 5.32 Å². The summed E-state index contributed by atoms with van der Waals surface area (Å²) in [7, 11) is 0. The monoisotopic (exact) mass is 367 g/mol. The summed E-state index contributed by atoms with van der Waals surface area (Å²) < 4.78 is 1.05. The molecule has 0 aliphatic rings. The van der Waals surface area contributed by atoms with Crippen molar-refractivity contribution in [2.24, 2.45) is 0 Å². The average molecular weight is 367 g/mol. The second-order valence-electron chi connectivity index (χ2n) is 4.37. The minimum Gasteiger partial charge on any atom is -0.481 e. The standard InChI is InChI=1S/C11H14INO3S/c1-11(2,4-3-9(14)15)13-10(16)7-5-8(12)17-6-7/h5-6H,3-4H2,1-2H3,(H,13,16)(H,14,15). The van der Waals surface area contributed by atoms with Gasteiger partial charge in [0, 0.05) is 17.3 Å². The van der Waals surface area contributed by atoms with Crippen LogP contribution in [-0.4, -0.2) is 22.5 Å². The first-order valence-electron chi connectivity index (χ1n) is 5.08. The number of carboxylic acids is 1. The first-order chi connectivity index (χ1) is 7.80. The van der Waals surface area contributed by atoms with E-state index in [1.54, 1.807) is 5.38 Å². The van der Waals surface area contributed by atoms with Crippen LogP contribution in [0.4, 0.5) is 0 Å². The number of rotatable bonds is 5. The van der Waals surface area contributed by atoms with Crippen LogP contribution in [0.5, 0.6) is 0 Å². The van der Waals surface area contributed by atoms with Gasteiger partial charge in [-0.15, -0.1) is 11.3 Å². The first kappa shape index (κ1) is 14.4. The summed E-state index contributed by atoms with van der Waals surface area (Å²) in [5, 5.41) is 13.3. The number of amides is 1. The highest BCUT2D eigenvalue weighted by atomic mass is 127. The van der Waals surface area contributed by atoms with E-state index in [-0.39, 0.29) is 12.3 Å². The average Bonchev–Trinajstić information content (AvgIpc) is 2.61. The van der Waals surface area contributed by atoms with Gasteiger partial charge in [-0.25, -0.2) is 0 Å². The third-order valence-corrected chi connectivity index (χ3v) is 4.03. The molecule has 17 heavy (non-hydrogen) atoms. The number of hydrogen-bond acceptors (Lipinski definition) is 3. The summed E-state index contributed by atoms with van der Waals surface area (Å²) >= 11 is 3.67. The maximum atomic E-state index is 11.9. The van der Waals surface area contributed by atoms with Gasteiger partial charge in [-0.05, 0) is 48.9 Å². The predicted octanol–water partition coefficient (Wildman–Crippen LogP) is 2.73. The second-order valence-corrected chi connectivity index (χ2v) is 7.18. The Hall–Kier alpha value is -0.630. The van der Waals surface area contributed by atoms with E-state index in [4.69, 9.17) is 5.11 Å². The van der Waals surface area contributed by atoms with Crippen LogP contribution >= 0.6 is 33.9 Å². The SMILES string of the molecule is CC(C)(CCC(=O)O)NC(=O)c1csc(I)c1. The quantitative estimate of drug-likeness (QED) is 0.787. The van der Waals surface area contributed by atoms with E-state index in [2.05, 4.69) is 27.9 Å². The largest absolute Gasteiger partial charge is 0.481 e. The lowest BCUT2D eigenvalue weighted by molar-refractivity contribution is -0.137. The Balaban J connectivity index is 2.58. The Labute approximate surface area is 118 Å². The van der Waals surface area contributed by atoms with Gasteiger partial charge in [0.1, 0.15) is 0 Å². The second kappa shape index (κ2) is 5.81. The molecule has 0 aliphatic carbocycles. The number of thiophene rings is 1. The maximum Gasteiger partial charge on any atom is 0.303 e. The van der Waals surface area contributed by atoms with Gasteiger partial charge in [0.05, 0.1) is 8.45 Å². The van der Waals surface area contributed by atoms with Crippen LogP contribution in [0.15, 0.2) is 11.4 Å². The molecule has 94 valence electrons. The van der Waals surface area contributed by atoms with Gasteiger partial charge in [0.25, 0.3) is 5.91 Å². The zero-order valence-corrected chi connectivity index (χ0v) is 12.6. The van der Waals surface area contributed by atoms with Gasteiger partial charge in [0.15, 0.2) is 0 Å². The Morgan fingerprint density at radius 3 is 2.65 bits per heavy atom. The minimum atomic E-state index is -0.850. The molecule has 0 unspecified atom stereocenters. The van der Waals surface area contributed by atoms with E-state index in [1.165, 1.54) is 11.3 Å². The van der Waals surface area contributed by atoms with Gasteiger partial charge in [0.2, 0.25) is 0 Å². The molecule has 6 heteroatoms. The van der Waals surface area contributed by atoms with Crippen LogP contribution in [-0.2, 0) is 4.79 Å². The molecule has 0 saturated carbocycles. The van der Waals surface area contributed by atoms with Crippen LogP contribution in [0.25, 0.3) is 0 Å². The smallest absolute Gasteiger partial charge is 0.303 e. The Bertz CT molecular complexity index is 428. The lowest BCUT2D eigenvalue weighted by atomic mass is 9.98. The summed E-state index contributed by atoms with van der Waals surface area (Å²) in [6.07, 6.45) is 0.462. The highest BCUT2D eigenvalue weighted by molar-refractivity contribution is 14.1. The number of carbonyl (C=O) groups excluding carboxylic acids is 1. The molecule has 1 amide bonds. The van der Waals surface area contributed by atoms with Crippen molar-refractivity contribution in [2.45, 2.75) is 32.2 Å². The molecular weight excluding hydrogens is 353 g/mol. The molecule has 0 fully saturated rings. The van der Waals surface area contributed by atoms with E-state index in [1.807, 2.05) is 19.9 Å². The highest BCUT2D eigenvalue weighted by Gasteiger charge is 2.22. The summed E-state index contributed by atoms with van der Waals surface area (Å²) in [5.41, 5.74) is 0.117. The van der Waals surface area contributed by atoms with Crippen LogP contribution in [0, 0.1) is 2.88 Å². The Morgan fingerprint density at radius 1 is 1.53 bits per heavy atom. The van der Waals surface area contributed by atoms with Crippen molar-refractivity contribution in [3.63, 3.8) is 0 Å². The van der Waals surface area contributed by atoms with Crippen LogP contribution in [0.3, 0.4) is 0 Å². The third kappa shape index (κ3) is 5.03. The number of carboxylic acid groups (broad SMARTS) is 1. The summed E-state index contributed by atoms with van der Waals surface area (Å²) in [5.74, 6) is -1.00. The molecular formula is C11H14INO3S. The van der Waals surface area contributed by atoms with Crippen molar-refractivity contribution in [3.05, 3.63) is 19.9 Å². The summed E-state index contributed by atoms with van der Waals surface area (Å²) in [6.45, 7) is 3.65. The molecule has 0 atom stereocenters. The fourth-order valence-corrected chi connectivity index (χ4v) is 2.62. The molecule has 0 radical (unpaired) electrons. The fraction of sp³-hybridized carbons (Fsp3) is 0.455. The van der Waals surface area contributed by atoms with Crippen molar-refractivity contribution in [3.8, 4) is 0 Å². The molecule has 2 N–H and O–H groups in total. The van der Waals surface area contributed by atoms with Gasteiger partial charge in [-0.1, -0.05) is 0 Å². The fourth-order valence-electron chi connectivity index (χ4n) is 1.29. The normalized spacial score (nSPS) is 11.2. The molecule has 1 rings (SSSR count). The summed E-state index contributed by atoms with van der Waals surface area (Å²) in [6, 6.07) is 1.81. The molecule has 0 bridgehead atoms. The lowest BCUT2D eigenvalue weighted by Gasteiger charge is -2.25. The first-order valence-corrected chi connectivity index (χ1v) is 7.04. The number of aliphatic carboxylic acids is 1. The molecule has 0 aliphatic heterocycles. The van der Waals surface area contributed by atoms with E-state index < -0.39 is 11.5 Å². The third-order valence-electron chi connectivity index (χ3n) is 2.25. The molecule has 0 saturated heterocycles. The molecule has 4 nitrogen and oxygen atoms in total. The van der Waals surface area contributed by atoms with Crippen molar-refractivity contribution in [2.75, 3.05) is 0 Å². The molecule has 1 aromatic rings. The number of hydrogen-bond donors (Lipinski definition) is 2. The Morgan fingerprint density at radius 2 is 2.18 bits per heavy atom. The number of halogens is 1. The molecule has 1 aromatic heterocycles. The van der Waals surface area contributed by atoms with Gasteiger partial charge in [-0.3, -0.25) is 9.59 Å². The number of carbonyl (C=O) groups is 2. The van der Waals surface area contributed by atoms with E-state index in [0.29, 0.717) is 12.0 Å². The van der Waals surface area contributed by atoms with Crippen molar-refractivity contribution < 1.29 is 14.7 Å². The van der Waals surface area contributed by atoms with Gasteiger partial charge in [-0.2, -0.15) is 0 Å². The lowest BCUT2D eigenvalue weighted by Crippen LogP contribution is -2.43. The predicted molar refractivity (Wildman–Crippen MR) is 75.5 cm³/mol. The zero-order chi connectivity index (χ0) is 13.1. The molecule has 0 aromatic carbocycles. The Kier molecular flexibility index (Phi) is 4.93. The maximum absolute atomic E-state index is 11.9. The minimum absolute atomic E-state index is 0.0501. The van der Waals surface area contributed by atoms with Crippen LogP contribution < -0.4 is 5.32 Å². The van der Waals surface area contributed by atoms with Crippen molar-refractivity contribution >= 4 is 45.8 Å². The zero-order valence-electron chi connectivity index (χ0n) is 9.62. The van der Waals surface area contributed by atoms with Crippen LogP contribution in [0.1, 0.15) is 37.0 Å². The number of nitrogens with one attached hydrogen (secondary N) is 1. The topological polar surface area (TPSA) is 66.4 Å². The van der Waals surface area contributed by atoms with Crippen LogP contribution in [0.2, 0.25) is 0 Å². The van der Waals surface area contributed by atoms with Gasteiger partial charge >= 0.3 is 5.97 Å². The van der Waals surface area contributed by atoms with E-state index in [9.17, 15) is 9.59 Å².